The summed E-state index contributed by atoms with van der Waals surface area (Å²) >= 11 is 0. The fourth-order valence-corrected chi connectivity index (χ4v) is 11.4. The maximum atomic E-state index is 12.3. The second-order valence-electron chi connectivity index (χ2n) is 14.6. The molecule has 0 bridgehead atoms. The summed E-state index contributed by atoms with van der Waals surface area (Å²) < 4.78 is 49.2. The number of phenols is 2. The predicted molar refractivity (Wildman–Crippen MR) is 241 cm³/mol. The van der Waals surface area contributed by atoms with Crippen LogP contribution in [0, 0.1) is 27.7 Å². The number of sulfone groups is 2. The third-order valence-corrected chi connectivity index (χ3v) is 14.5. The van der Waals surface area contributed by atoms with Gasteiger partial charge in [-0.05, 0) is 73.7 Å². The Morgan fingerprint density at radius 1 is 0.350 bits per heavy atom. The molecule has 8 aromatic rings. The van der Waals surface area contributed by atoms with E-state index in [2.05, 4.69) is 6.07 Å². The van der Waals surface area contributed by atoms with E-state index in [4.69, 9.17) is 0 Å². The first kappa shape index (κ1) is 41.4. The molecule has 0 spiro atoms. The first-order valence-electron chi connectivity index (χ1n) is 19.4. The number of fused-ring (bicyclic) bond motifs is 6. The Labute approximate surface area is 352 Å². The summed E-state index contributed by atoms with van der Waals surface area (Å²) in [7, 11) is -6.59. The minimum Gasteiger partial charge on any atom is -0.507 e. The van der Waals surface area contributed by atoms with E-state index in [-0.39, 0.29) is 0 Å². The highest BCUT2D eigenvalue weighted by Crippen LogP contribution is 2.45. The molecular formula is C52H44O6S2. The van der Waals surface area contributed by atoms with Gasteiger partial charge in [0.15, 0.2) is 0 Å². The van der Waals surface area contributed by atoms with Crippen molar-refractivity contribution in [2.45, 2.75) is 47.3 Å². The smallest absolute Gasteiger partial charge is 0.208 e. The van der Waals surface area contributed by atoms with Gasteiger partial charge in [-0.25, -0.2) is 16.8 Å². The highest BCUT2D eigenvalue weighted by Gasteiger charge is 2.34. The van der Waals surface area contributed by atoms with Gasteiger partial charge in [0, 0.05) is 33.4 Å². The lowest BCUT2D eigenvalue weighted by molar-refractivity contribution is 0.473. The van der Waals surface area contributed by atoms with Gasteiger partial charge in [0.25, 0.3) is 0 Å². The van der Waals surface area contributed by atoms with Crippen molar-refractivity contribution < 1.29 is 27.0 Å². The van der Waals surface area contributed by atoms with E-state index >= 15 is 0 Å². The molecule has 0 radical (unpaired) electrons. The van der Waals surface area contributed by atoms with Gasteiger partial charge in [0.05, 0.1) is 19.6 Å². The van der Waals surface area contributed by atoms with Gasteiger partial charge in [-0.1, -0.05) is 169 Å². The molecule has 10 rings (SSSR count). The van der Waals surface area contributed by atoms with Crippen LogP contribution in [-0.2, 0) is 19.7 Å². The van der Waals surface area contributed by atoms with Crippen molar-refractivity contribution in [1.29, 1.82) is 0 Å². The molecule has 2 heterocycles. The van der Waals surface area contributed by atoms with Crippen LogP contribution < -0.4 is 0 Å². The van der Waals surface area contributed by atoms with E-state index in [1.54, 1.807) is 30.3 Å². The first-order chi connectivity index (χ1) is 28.8. The SMILES string of the molecule is Cc1cccc(-c2ccccc2)c1O.Cc1cccc(-c2ccccc2O)c1.Cc1cccc2c1S(=O)(=O)c1ccccc1-2.Cc1cccc2c1S(=O)(=O)c1ccccc1-2. The molecule has 0 atom stereocenters. The van der Waals surface area contributed by atoms with Gasteiger partial charge >= 0.3 is 0 Å². The Kier molecular flexibility index (Phi) is 11.9. The Bertz CT molecular complexity index is 2960. The lowest BCUT2D eigenvalue weighted by Gasteiger charge is -2.06. The molecule has 2 aliphatic heterocycles. The summed E-state index contributed by atoms with van der Waals surface area (Å²) in [5.74, 6) is 0.705. The minimum absolute atomic E-state index is 0.332. The van der Waals surface area contributed by atoms with Gasteiger partial charge in [-0.15, -0.1) is 0 Å². The van der Waals surface area contributed by atoms with E-state index in [0.717, 1.165) is 61.2 Å². The zero-order valence-corrected chi connectivity index (χ0v) is 35.3. The zero-order valence-electron chi connectivity index (χ0n) is 33.7. The summed E-state index contributed by atoms with van der Waals surface area (Å²) in [6.45, 7) is 7.62. The van der Waals surface area contributed by atoms with Crippen LogP contribution in [0.2, 0.25) is 0 Å². The number of phenolic OH excluding ortho intramolecular Hbond substituents is 2. The van der Waals surface area contributed by atoms with E-state index in [9.17, 15) is 27.0 Å². The molecule has 2 aliphatic rings. The summed E-state index contributed by atoms with van der Waals surface area (Å²) in [5, 5.41) is 19.5. The quantitative estimate of drug-likeness (QED) is 0.180. The van der Waals surface area contributed by atoms with Crippen molar-refractivity contribution in [1.82, 2.24) is 0 Å². The fraction of sp³-hybridized carbons (Fsp3) is 0.0769. The Balaban J connectivity index is 0.000000121. The van der Waals surface area contributed by atoms with Gasteiger partial charge < -0.3 is 10.2 Å². The number of hydrogen-bond donors (Lipinski definition) is 2. The van der Waals surface area contributed by atoms with Gasteiger partial charge in [0.1, 0.15) is 11.5 Å². The number of aryl methyl sites for hydroxylation is 4. The van der Waals surface area contributed by atoms with E-state index < -0.39 is 19.7 Å². The van der Waals surface area contributed by atoms with Crippen molar-refractivity contribution in [3.8, 4) is 56.0 Å². The monoisotopic (exact) mass is 828 g/mol. The first-order valence-corrected chi connectivity index (χ1v) is 22.3. The topological polar surface area (TPSA) is 109 Å². The fourth-order valence-electron chi connectivity index (χ4n) is 7.55. The molecule has 6 nitrogen and oxygen atoms in total. The molecule has 8 aromatic carbocycles. The molecular weight excluding hydrogens is 785 g/mol. The van der Waals surface area contributed by atoms with Crippen LogP contribution >= 0.6 is 0 Å². The van der Waals surface area contributed by atoms with Crippen LogP contribution in [0.1, 0.15) is 22.3 Å². The maximum absolute atomic E-state index is 12.3. The third-order valence-electron chi connectivity index (χ3n) is 10.5. The largest absolute Gasteiger partial charge is 0.507 e. The van der Waals surface area contributed by atoms with Gasteiger partial charge in [0.2, 0.25) is 19.7 Å². The lowest BCUT2D eigenvalue weighted by atomic mass is 10.0. The van der Waals surface area contributed by atoms with Gasteiger partial charge in [-0.3, -0.25) is 0 Å². The summed E-state index contributed by atoms with van der Waals surface area (Å²) in [6.07, 6.45) is 0. The van der Waals surface area contributed by atoms with Crippen LogP contribution in [0.5, 0.6) is 11.5 Å². The molecule has 300 valence electrons. The maximum Gasteiger partial charge on any atom is 0.208 e. The van der Waals surface area contributed by atoms with Crippen molar-refractivity contribution >= 4 is 19.7 Å². The van der Waals surface area contributed by atoms with E-state index in [1.165, 1.54) is 5.56 Å². The Morgan fingerprint density at radius 3 is 1.27 bits per heavy atom. The average Bonchev–Trinajstić information content (AvgIpc) is 3.64. The Morgan fingerprint density at radius 2 is 0.750 bits per heavy atom. The van der Waals surface area contributed by atoms with Crippen molar-refractivity contribution in [3.05, 3.63) is 204 Å². The minimum atomic E-state index is -3.30. The van der Waals surface area contributed by atoms with Crippen molar-refractivity contribution in [3.63, 3.8) is 0 Å². The van der Waals surface area contributed by atoms with Crippen molar-refractivity contribution in [2.24, 2.45) is 0 Å². The van der Waals surface area contributed by atoms with Gasteiger partial charge in [-0.2, -0.15) is 0 Å². The summed E-state index contributed by atoms with van der Waals surface area (Å²) in [6, 6.07) is 56.7. The predicted octanol–water partition coefficient (Wildman–Crippen LogP) is 12.4. The normalized spacial score (nSPS) is 13.0. The van der Waals surface area contributed by atoms with Crippen LogP contribution in [0.4, 0.5) is 0 Å². The highest BCUT2D eigenvalue weighted by atomic mass is 32.2. The molecule has 0 amide bonds. The van der Waals surface area contributed by atoms with Crippen LogP contribution in [0.25, 0.3) is 44.5 Å². The number of rotatable bonds is 2. The molecule has 0 saturated heterocycles. The zero-order chi connectivity index (χ0) is 42.6. The standard InChI is InChI=1S/2C13H10O2S.2C13H12O/c2*1-9-5-4-7-11-10-6-2-3-8-12(10)16(14,15)13(9)11;1-10-5-4-6-11(9-10)12-7-2-3-8-13(12)14;1-10-6-5-9-12(13(10)14)11-7-3-2-4-8-11/h2*2-8H,1H3;2*2-9,14H,1H3. The number of benzene rings is 8. The molecule has 0 unspecified atom stereocenters. The summed E-state index contributed by atoms with van der Waals surface area (Å²) in [4.78, 5) is 1.80. The second kappa shape index (κ2) is 17.2. The third kappa shape index (κ3) is 8.12. The highest BCUT2D eigenvalue weighted by molar-refractivity contribution is 7.92. The molecule has 2 N–H and O–H groups in total. The molecule has 60 heavy (non-hydrogen) atoms. The molecule has 0 saturated carbocycles. The molecule has 0 aromatic heterocycles. The second-order valence-corrected chi connectivity index (χ2v) is 18.3. The van der Waals surface area contributed by atoms with E-state index in [0.29, 0.717) is 31.1 Å². The lowest BCUT2D eigenvalue weighted by Crippen LogP contribution is -1.98. The molecule has 0 aliphatic carbocycles. The van der Waals surface area contributed by atoms with Crippen LogP contribution in [-0.4, -0.2) is 27.0 Å². The number of hydrogen-bond acceptors (Lipinski definition) is 6. The van der Waals surface area contributed by atoms with Crippen molar-refractivity contribution in [2.75, 3.05) is 0 Å². The van der Waals surface area contributed by atoms with Crippen LogP contribution in [0.3, 0.4) is 0 Å². The number of aromatic hydroxyl groups is 2. The Hall–Kier alpha value is -6.74. The molecule has 8 heteroatoms. The van der Waals surface area contributed by atoms with Crippen LogP contribution in [0.15, 0.2) is 202 Å². The van der Waals surface area contributed by atoms with E-state index in [1.807, 2.05) is 173 Å². The average molecular weight is 829 g/mol. The summed E-state index contributed by atoms with van der Waals surface area (Å²) in [5.41, 5.74) is 10.9. The molecule has 0 fully saturated rings. The number of para-hydroxylation sites is 2.